The molecule has 1 unspecified atom stereocenters. The predicted octanol–water partition coefficient (Wildman–Crippen LogP) is -0.656. The molecule has 0 saturated heterocycles. The lowest BCUT2D eigenvalue weighted by Crippen LogP contribution is -2.55. The number of aliphatic hydroxyl groups excluding tert-OH is 3. The van der Waals surface area contributed by atoms with Crippen molar-refractivity contribution in [3.8, 4) is 0 Å². The van der Waals surface area contributed by atoms with Crippen molar-refractivity contribution in [2.45, 2.75) is 18.5 Å². The third kappa shape index (κ3) is 3.08. The third-order valence-electron chi connectivity index (χ3n) is 2.70. The highest BCUT2D eigenvalue weighted by molar-refractivity contribution is 5.84. The zero-order chi connectivity index (χ0) is 13.8. The number of aromatic carboxylic acids is 1. The van der Waals surface area contributed by atoms with Crippen LogP contribution in [-0.4, -0.2) is 51.8 Å². The highest BCUT2D eigenvalue weighted by Crippen LogP contribution is 2.19. The molecular formula is C11H17NO6. The van der Waals surface area contributed by atoms with Crippen LogP contribution in [0.5, 0.6) is 0 Å². The van der Waals surface area contributed by atoms with E-state index in [0.717, 1.165) is 0 Å². The second-order valence-electron chi connectivity index (χ2n) is 4.13. The van der Waals surface area contributed by atoms with Crippen LogP contribution in [0.1, 0.15) is 29.3 Å². The molecule has 0 radical (unpaired) electrons. The molecule has 0 saturated carbocycles. The second kappa shape index (κ2) is 5.96. The number of carboxylic acids is 1. The number of hydrogen-bond donors (Lipinski definition) is 5. The van der Waals surface area contributed by atoms with Crippen LogP contribution in [0, 0.1) is 0 Å². The van der Waals surface area contributed by atoms with Crippen molar-refractivity contribution in [2.75, 3.05) is 19.8 Å². The Hall–Kier alpha value is -1.41. The van der Waals surface area contributed by atoms with Crippen LogP contribution < -0.4 is 5.32 Å². The summed E-state index contributed by atoms with van der Waals surface area (Å²) < 4.78 is 5.08. The molecule has 1 atom stereocenters. The Morgan fingerprint density at radius 1 is 1.33 bits per heavy atom. The number of furan rings is 1. The van der Waals surface area contributed by atoms with Gasteiger partial charge in [0.15, 0.2) is 0 Å². The van der Waals surface area contributed by atoms with Crippen molar-refractivity contribution in [1.29, 1.82) is 0 Å². The largest absolute Gasteiger partial charge is 0.475 e. The van der Waals surface area contributed by atoms with E-state index < -0.39 is 37.4 Å². The van der Waals surface area contributed by atoms with Crippen molar-refractivity contribution < 1.29 is 29.6 Å². The summed E-state index contributed by atoms with van der Waals surface area (Å²) in [6.45, 7) is 0.282. The second-order valence-corrected chi connectivity index (χ2v) is 4.13. The summed E-state index contributed by atoms with van der Waals surface area (Å²) in [7, 11) is 0. The van der Waals surface area contributed by atoms with Gasteiger partial charge >= 0.3 is 5.97 Å². The van der Waals surface area contributed by atoms with Gasteiger partial charge in [0.25, 0.3) is 0 Å². The van der Waals surface area contributed by atoms with E-state index in [9.17, 15) is 4.79 Å². The van der Waals surface area contributed by atoms with Gasteiger partial charge in [0.1, 0.15) is 5.76 Å². The van der Waals surface area contributed by atoms with Gasteiger partial charge < -0.3 is 24.8 Å². The Bertz CT molecular complexity index is 390. The lowest BCUT2D eigenvalue weighted by Gasteiger charge is -2.31. The average molecular weight is 259 g/mol. The number of rotatable bonds is 7. The van der Waals surface area contributed by atoms with Gasteiger partial charge in [-0.3, -0.25) is 5.32 Å². The molecule has 1 aromatic heterocycles. The van der Waals surface area contributed by atoms with E-state index in [1.807, 2.05) is 0 Å². The van der Waals surface area contributed by atoms with Crippen molar-refractivity contribution in [2.24, 2.45) is 0 Å². The van der Waals surface area contributed by atoms with E-state index in [4.69, 9.17) is 24.8 Å². The summed E-state index contributed by atoms with van der Waals surface area (Å²) in [6, 6.07) is 2.33. The van der Waals surface area contributed by atoms with Crippen molar-refractivity contribution in [3.05, 3.63) is 23.7 Å². The average Bonchev–Trinajstić information content (AvgIpc) is 2.86. The van der Waals surface area contributed by atoms with Crippen LogP contribution in [0.4, 0.5) is 0 Å². The van der Waals surface area contributed by atoms with E-state index in [0.29, 0.717) is 5.76 Å². The standard InChI is InChI=1S/C11H17NO6/c1-7(12-11(4-13,5-14)6-15)8-2-3-9(18-8)10(16)17/h2-3,7,12-15H,4-6H2,1H3,(H,16,17). The maximum absolute atomic E-state index is 10.7. The first kappa shape index (κ1) is 14.7. The quantitative estimate of drug-likeness (QED) is 0.440. The summed E-state index contributed by atoms with van der Waals surface area (Å²) in [4.78, 5) is 10.7. The van der Waals surface area contributed by atoms with Crippen LogP contribution in [0.3, 0.4) is 0 Å². The Morgan fingerprint density at radius 2 is 1.89 bits per heavy atom. The van der Waals surface area contributed by atoms with Gasteiger partial charge in [-0.25, -0.2) is 4.79 Å². The maximum Gasteiger partial charge on any atom is 0.371 e. The van der Waals surface area contributed by atoms with Crippen LogP contribution in [-0.2, 0) is 0 Å². The molecule has 0 bridgehead atoms. The van der Waals surface area contributed by atoms with Crippen molar-refractivity contribution in [3.63, 3.8) is 0 Å². The number of carboxylic acid groups (broad SMARTS) is 1. The molecule has 7 heteroatoms. The highest BCUT2D eigenvalue weighted by atomic mass is 16.4. The Morgan fingerprint density at radius 3 is 2.28 bits per heavy atom. The number of nitrogens with one attached hydrogen (secondary N) is 1. The molecule has 18 heavy (non-hydrogen) atoms. The van der Waals surface area contributed by atoms with E-state index in [1.54, 1.807) is 6.92 Å². The van der Waals surface area contributed by atoms with Gasteiger partial charge in [-0.2, -0.15) is 0 Å². The fourth-order valence-electron chi connectivity index (χ4n) is 1.52. The zero-order valence-electron chi connectivity index (χ0n) is 9.96. The van der Waals surface area contributed by atoms with Gasteiger partial charge in [0.05, 0.1) is 31.4 Å². The molecule has 0 aliphatic heterocycles. The molecule has 0 aliphatic rings. The SMILES string of the molecule is CC(NC(CO)(CO)CO)c1ccc(C(=O)O)o1. The first-order valence-electron chi connectivity index (χ1n) is 5.41. The van der Waals surface area contributed by atoms with Gasteiger partial charge in [-0.15, -0.1) is 0 Å². The summed E-state index contributed by atoms with van der Waals surface area (Å²) in [6.07, 6.45) is 0. The number of carbonyl (C=O) groups is 1. The Labute approximate surface area is 104 Å². The lowest BCUT2D eigenvalue weighted by molar-refractivity contribution is 0.0334. The minimum absolute atomic E-state index is 0.193. The van der Waals surface area contributed by atoms with E-state index >= 15 is 0 Å². The van der Waals surface area contributed by atoms with Crippen LogP contribution in [0.25, 0.3) is 0 Å². The molecule has 102 valence electrons. The minimum atomic E-state index is -1.24. The predicted molar refractivity (Wildman–Crippen MR) is 61.2 cm³/mol. The molecule has 7 nitrogen and oxygen atoms in total. The molecule has 0 spiro atoms. The molecule has 0 aromatic carbocycles. The van der Waals surface area contributed by atoms with E-state index in [2.05, 4.69) is 5.32 Å². The molecule has 1 rings (SSSR count). The first-order valence-corrected chi connectivity index (χ1v) is 5.41. The monoisotopic (exact) mass is 259 g/mol. The molecule has 0 amide bonds. The fraction of sp³-hybridized carbons (Fsp3) is 0.545. The number of aliphatic hydroxyl groups is 3. The molecule has 1 heterocycles. The first-order chi connectivity index (χ1) is 8.48. The van der Waals surface area contributed by atoms with Crippen LogP contribution >= 0.6 is 0 Å². The number of hydrogen-bond acceptors (Lipinski definition) is 6. The topological polar surface area (TPSA) is 123 Å². The molecule has 0 aliphatic carbocycles. The van der Waals surface area contributed by atoms with Crippen LogP contribution in [0.15, 0.2) is 16.5 Å². The fourth-order valence-corrected chi connectivity index (χ4v) is 1.52. The van der Waals surface area contributed by atoms with Crippen LogP contribution in [0.2, 0.25) is 0 Å². The summed E-state index contributed by atoms with van der Waals surface area (Å²) in [5, 5.41) is 39.0. The molecule has 1 aromatic rings. The Balaban J connectivity index is 2.80. The smallest absolute Gasteiger partial charge is 0.371 e. The minimum Gasteiger partial charge on any atom is -0.475 e. The van der Waals surface area contributed by atoms with Crippen molar-refractivity contribution >= 4 is 5.97 Å². The molecular weight excluding hydrogens is 242 g/mol. The summed E-state index contributed by atoms with van der Waals surface area (Å²) in [5.74, 6) is -1.03. The van der Waals surface area contributed by atoms with Gasteiger partial charge in [0, 0.05) is 0 Å². The third-order valence-corrected chi connectivity index (χ3v) is 2.70. The molecule has 0 fully saturated rings. The highest BCUT2D eigenvalue weighted by Gasteiger charge is 2.30. The normalized spacial score (nSPS) is 13.6. The van der Waals surface area contributed by atoms with Gasteiger partial charge in [-0.1, -0.05) is 0 Å². The lowest BCUT2D eigenvalue weighted by atomic mass is 10.0. The van der Waals surface area contributed by atoms with E-state index in [1.165, 1.54) is 12.1 Å². The van der Waals surface area contributed by atoms with Gasteiger partial charge in [-0.05, 0) is 19.1 Å². The molecule has 5 N–H and O–H groups in total. The zero-order valence-corrected chi connectivity index (χ0v) is 9.96. The maximum atomic E-state index is 10.7. The Kier molecular flexibility index (Phi) is 4.85. The van der Waals surface area contributed by atoms with E-state index in [-0.39, 0.29) is 5.76 Å². The summed E-state index contributed by atoms with van der Waals surface area (Å²) >= 11 is 0. The van der Waals surface area contributed by atoms with Crippen molar-refractivity contribution in [1.82, 2.24) is 5.32 Å². The summed E-state index contributed by atoms with van der Waals surface area (Å²) in [5.41, 5.74) is -1.24. The van der Waals surface area contributed by atoms with Gasteiger partial charge in [0.2, 0.25) is 5.76 Å².